The van der Waals surface area contributed by atoms with Gasteiger partial charge in [0.2, 0.25) is 0 Å². The summed E-state index contributed by atoms with van der Waals surface area (Å²) in [4.78, 5) is 2.33. The Morgan fingerprint density at radius 3 is 2.30 bits per heavy atom. The third-order valence-corrected chi connectivity index (χ3v) is 5.37. The number of ether oxygens (including phenoxy) is 2. The summed E-state index contributed by atoms with van der Waals surface area (Å²) in [5, 5.41) is 11.1. The van der Waals surface area contributed by atoms with Crippen LogP contribution in [-0.2, 0) is 6.42 Å². The molecule has 0 spiro atoms. The molecule has 146 valence electrons. The highest BCUT2D eigenvalue weighted by molar-refractivity contribution is 6.30. The lowest BCUT2D eigenvalue weighted by Gasteiger charge is -2.33. The van der Waals surface area contributed by atoms with Gasteiger partial charge in [-0.25, -0.2) is 0 Å². The van der Waals surface area contributed by atoms with Crippen LogP contribution < -0.4 is 9.47 Å². The van der Waals surface area contributed by atoms with Crippen LogP contribution in [0.1, 0.15) is 18.4 Å². The number of hydrogen-bond acceptors (Lipinski definition) is 4. The molecule has 1 aliphatic rings. The molecule has 1 heterocycles. The van der Waals surface area contributed by atoms with Gasteiger partial charge in [-0.2, -0.15) is 0 Å². The maximum absolute atomic E-state index is 10.3. The van der Waals surface area contributed by atoms with Crippen LogP contribution >= 0.6 is 11.6 Å². The smallest absolute Gasteiger partial charge is 0.119 e. The van der Waals surface area contributed by atoms with E-state index in [9.17, 15) is 5.11 Å². The quantitative estimate of drug-likeness (QED) is 0.739. The first kappa shape index (κ1) is 20.0. The lowest BCUT2D eigenvalue weighted by Crippen LogP contribution is -2.41. The minimum absolute atomic E-state index is 0.303. The van der Waals surface area contributed by atoms with Gasteiger partial charge in [0.1, 0.15) is 24.2 Å². The molecule has 0 aromatic heterocycles. The van der Waals surface area contributed by atoms with Crippen LogP contribution in [0.5, 0.6) is 11.5 Å². The largest absolute Gasteiger partial charge is 0.497 e. The molecule has 4 nitrogen and oxygen atoms in total. The van der Waals surface area contributed by atoms with Gasteiger partial charge in [0, 0.05) is 11.6 Å². The molecule has 3 rings (SSSR count). The standard InChI is InChI=1S/C22H28ClNO3/c1-26-21-6-8-22(9-7-21)27-16-20(25)15-24-12-10-18(11-13-24)14-17-2-4-19(23)5-3-17/h2-9,18,20,25H,10-16H2,1H3/t20-/m0/s1. The molecule has 1 fully saturated rings. The average molecular weight is 390 g/mol. The molecule has 2 aromatic carbocycles. The number of aliphatic hydroxyl groups excluding tert-OH is 1. The van der Waals surface area contributed by atoms with Crippen molar-refractivity contribution in [3.05, 3.63) is 59.1 Å². The van der Waals surface area contributed by atoms with Crippen molar-refractivity contribution < 1.29 is 14.6 Å². The Morgan fingerprint density at radius 2 is 1.67 bits per heavy atom. The Morgan fingerprint density at radius 1 is 1.04 bits per heavy atom. The van der Waals surface area contributed by atoms with Gasteiger partial charge in [-0.05, 0) is 80.2 Å². The van der Waals surface area contributed by atoms with Crippen LogP contribution in [0.15, 0.2) is 48.5 Å². The fraction of sp³-hybridized carbons (Fsp3) is 0.455. The maximum Gasteiger partial charge on any atom is 0.119 e. The molecule has 1 aliphatic heterocycles. The van der Waals surface area contributed by atoms with Crippen LogP contribution in [-0.4, -0.2) is 49.5 Å². The van der Waals surface area contributed by atoms with Crippen LogP contribution in [0.3, 0.4) is 0 Å². The van der Waals surface area contributed by atoms with Gasteiger partial charge in [0.15, 0.2) is 0 Å². The fourth-order valence-electron chi connectivity index (χ4n) is 3.54. The van der Waals surface area contributed by atoms with Crippen LogP contribution in [0.4, 0.5) is 0 Å². The van der Waals surface area contributed by atoms with Gasteiger partial charge in [0.25, 0.3) is 0 Å². The first-order valence-electron chi connectivity index (χ1n) is 9.54. The van der Waals surface area contributed by atoms with Crippen molar-refractivity contribution in [1.82, 2.24) is 4.90 Å². The van der Waals surface area contributed by atoms with Crippen molar-refractivity contribution in [2.24, 2.45) is 5.92 Å². The number of aliphatic hydroxyl groups is 1. The second-order valence-electron chi connectivity index (χ2n) is 7.21. The van der Waals surface area contributed by atoms with Gasteiger partial charge < -0.3 is 19.5 Å². The molecule has 2 aromatic rings. The minimum atomic E-state index is -0.486. The number of β-amino-alcohol motifs (C(OH)–C–C–N with tert-alkyl or cyclic N) is 1. The van der Waals surface area contributed by atoms with Crippen LogP contribution in [0.25, 0.3) is 0 Å². The van der Waals surface area contributed by atoms with Crippen molar-refractivity contribution >= 4 is 11.6 Å². The zero-order valence-corrected chi connectivity index (χ0v) is 16.6. The van der Waals surface area contributed by atoms with Gasteiger partial charge in [-0.3, -0.25) is 0 Å². The summed E-state index contributed by atoms with van der Waals surface area (Å²) in [6.07, 6.45) is 2.94. The van der Waals surface area contributed by atoms with Crippen molar-refractivity contribution in [2.75, 3.05) is 33.4 Å². The second-order valence-corrected chi connectivity index (χ2v) is 7.65. The van der Waals surface area contributed by atoms with E-state index in [0.717, 1.165) is 48.9 Å². The van der Waals surface area contributed by atoms with E-state index in [1.165, 1.54) is 5.56 Å². The number of methoxy groups -OCH3 is 1. The number of benzene rings is 2. The van der Waals surface area contributed by atoms with Crippen molar-refractivity contribution in [3.8, 4) is 11.5 Å². The maximum atomic E-state index is 10.3. The van der Waals surface area contributed by atoms with Gasteiger partial charge in [-0.15, -0.1) is 0 Å². The molecular formula is C22H28ClNO3. The zero-order chi connectivity index (χ0) is 19.1. The average Bonchev–Trinajstić information content (AvgIpc) is 2.70. The molecule has 0 saturated carbocycles. The lowest BCUT2D eigenvalue weighted by molar-refractivity contribution is 0.0550. The summed E-state index contributed by atoms with van der Waals surface area (Å²) < 4.78 is 10.8. The predicted octanol–water partition coefficient (Wildman–Crippen LogP) is 4.04. The first-order valence-corrected chi connectivity index (χ1v) is 9.92. The summed E-state index contributed by atoms with van der Waals surface area (Å²) in [7, 11) is 1.64. The van der Waals surface area contributed by atoms with Crippen LogP contribution in [0.2, 0.25) is 5.02 Å². The topological polar surface area (TPSA) is 41.9 Å². The molecule has 5 heteroatoms. The molecule has 0 unspecified atom stereocenters. The van der Waals surface area contributed by atoms with E-state index in [1.54, 1.807) is 7.11 Å². The van der Waals surface area contributed by atoms with Crippen molar-refractivity contribution in [3.63, 3.8) is 0 Å². The third-order valence-electron chi connectivity index (χ3n) is 5.12. The number of nitrogens with zero attached hydrogens (tertiary/aromatic N) is 1. The summed E-state index contributed by atoms with van der Waals surface area (Å²) in [6, 6.07) is 15.6. The summed E-state index contributed by atoms with van der Waals surface area (Å²) in [6.45, 7) is 3.01. The van der Waals surface area contributed by atoms with Crippen molar-refractivity contribution in [1.29, 1.82) is 0 Å². The Labute approximate surface area is 166 Å². The molecule has 27 heavy (non-hydrogen) atoms. The van der Waals surface area contributed by atoms with Crippen LogP contribution in [0, 0.1) is 5.92 Å². The van der Waals surface area contributed by atoms with E-state index < -0.39 is 6.10 Å². The minimum Gasteiger partial charge on any atom is -0.497 e. The molecule has 1 atom stereocenters. The number of piperidine rings is 1. The van der Waals surface area contributed by atoms with Gasteiger partial charge >= 0.3 is 0 Å². The zero-order valence-electron chi connectivity index (χ0n) is 15.8. The molecule has 0 amide bonds. The molecular weight excluding hydrogens is 362 g/mol. The van der Waals surface area contributed by atoms with E-state index >= 15 is 0 Å². The number of hydrogen-bond donors (Lipinski definition) is 1. The van der Waals surface area contributed by atoms with Gasteiger partial charge in [-0.1, -0.05) is 23.7 Å². The highest BCUT2D eigenvalue weighted by Gasteiger charge is 2.21. The van der Waals surface area contributed by atoms with E-state index in [1.807, 2.05) is 36.4 Å². The third kappa shape index (κ3) is 6.42. The first-order chi connectivity index (χ1) is 13.1. The summed E-state index contributed by atoms with van der Waals surface area (Å²) in [5.41, 5.74) is 1.35. The molecule has 0 radical (unpaired) electrons. The Balaban J connectivity index is 1.36. The number of halogens is 1. The molecule has 0 aliphatic carbocycles. The number of rotatable bonds is 8. The highest BCUT2D eigenvalue weighted by Crippen LogP contribution is 2.23. The normalized spacial score (nSPS) is 16.9. The monoisotopic (exact) mass is 389 g/mol. The fourth-order valence-corrected chi connectivity index (χ4v) is 3.67. The highest BCUT2D eigenvalue weighted by atomic mass is 35.5. The van der Waals surface area contributed by atoms with Gasteiger partial charge in [0.05, 0.1) is 7.11 Å². The molecule has 1 N–H and O–H groups in total. The second kappa shape index (κ2) is 9.98. The van der Waals surface area contributed by atoms with Crippen molar-refractivity contribution in [2.45, 2.75) is 25.4 Å². The summed E-state index contributed by atoms with van der Waals surface area (Å²) in [5.74, 6) is 2.25. The Hall–Kier alpha value is -1.75. The lowest BCUT2D eigenvalue weighted by atomic mass is 9.90. The molecule has 0 bridgehead atoms. The van der Waals surface area contributed by atoms with E-state index in [2.05, 4.69) is 17.0 Å². The predicted molar refractivity (Wildman–Crippen MR) is 109 cm³/mol. The summed E-state index contributed by atoms with van der Waals surface area (Å²) >= 11 is 5.95. The van der Waals surface area contributed by atoms with E-state index in [-0.39, 0.29) is 0 Å². The SMILES string of the molecule is COc1ccc(OC[C@@H](O)CN2CCC(Cc3ccc(Cl)cc3)CC2)cc1. The molecule has 1 saturated heterocycles. The van der Waals surface area contributed by atoms with E-state index in [4.69, 9.17) is 21.1 Å². The number of likely N-dealkylation sites (tertiary alicyclic amines) is 1. The Kier molecular flexibility index (Phi) is 7.39. The Bertz CT molecular complexity index is 682. The van der Waals surface area contributed by atoms with E-state index in [0.29, 0.717) is 19.1 Å².